The Labute approximate surface area is 146 Å². The molecule has 1 N–H and O–H groups in total. The van der Waals surface area contributed by atoms with Crippen molar-refractivity contribution in [1.29, 1.82) is 0 Å². The van der Waals surface area contributed by atoms with Gasteiger partial charge in [0.25, 0.3) is 0 Å². The lowest BCUT2D eigenvalue weighted by Gasteiger charge is -2.35. The average molecular weight is 325 g/mol. The van der Waals surface area contributed by atoms with Crippen LogP contribution in [0.25, 0.3) is 10.8 Å². The number of benzene rings is 2. The molecular formula is C22H31NO. The minimum absolute atomic E-state index is 0.0560. The Hall–Kier alpha value is -1.70. The summed E-state index contributed by atoms with van der Waals surface area (Å²) >= 11 is 0. The molecule has 1 aliphatic rings. The van der Waals surface area contributed by atoms with Crippen molar-refractivity contribution in [1.82, 2.24) is 0 Å². The highest BCUT2D eigenvalue weighted by molar-refractivity contribution is 5.97. The third kappa shape index (κ3) is 2.66. The number of phenolic OH excluding ortho intramolecular Hbond substituents is 1. The van der Waals surface area contributed by atoms with Gasteiger partial charge in [0.05, 0.1) is 0 Å². The van der Waals surface area contributed by atoms with E-state index in [1.54, 1.807) is 0 Å². The third-order valence-electron chi connectivity index (χ3n) is 5.41. The molecular weight excluding hydrogens is 294 g/mol. The molecule has 0 amide bonds. The standard InChI is InChI=1S/C22H31NO/c1-8-14-13-23(22(5,6)7)18-12-19(24)16-10-9-15(21(2,3)4)11-17(16)20(14)18/h9-12,14,24H,8,13H2,1-7H3. The van der Waals surface area contributed by atoms with Gasteiger partial charge in [-0.2, -0.15) is 0 Å². The first-order chi connectivity index (χ1) is 11.0. The van der Waals surface area contributed by atoms with E-state index >= 15 is 0 Å². The van der Waals surface area contributed by atoms with Gasteiger partial charge in [0.2, 0.25) is 0 Å². The molecule has 2 heteroatoms. The Kier molecular flexibility index (Phi) is 3.86. The van der Waals surface area contributed by atoms with E-state index in [9.17, 15) is 5.11 Å². The van der Waals surface area contributed by atoms with Crippen molar-refractivity contribution in [2.45, 2.75) is 71.8 Å². The highest BCUT2D eigenvalue weighted by Gasteiger charge is 2.36. The Bertz CT molecular complexity index is 777. The van der Waals surface area contributed by atoms with E-state index in [-0.39, 0.29) is 11.0 Å². The second-order valence-electron chi connectivity index (χ2n) is 9.23. The summed E-state index contributed by atoms with van der Waals surface area (Å²) in [5, 5.41) is 12.9. The maximum Gasteiger partial charge on any atom is 0.125 e. The van der Waals surface area contributed by atoms with Crippen molar-refractivity contribution in [3.05, 3.63) is 35.4 Å². The van der Waals surface area contributed by atoms with Crippen molar-refractivity contribution < 1.29 is 5.11 Å². The fourth-order valence-electron chi connectivity index (χ4n) is 3.91. The summed E-state index contributed by atoms with van der Waals surface area (Å²) in [7, 11) is 0. The van der Waals surface area contributed by atoms with Crippen LogP contribution in [-0.4, -0.2) is 17.2 Å². The van der Waals surface area contributed by atoms with Crippen LogP contribution in [0.15, 0.2) is 24.3 Å². The van der Waals surface area contributed by atoms with Gasteiger partial charge in [-0.3, -0.25) is 0 Å². The third-order valence-corrected chi connectivity index (χ3v) is 5.41. The van der Waals surface area contributed by atoms with Crippen molar-refractivity contribution in [3.8, 4) is 5.75 Å². The number of aromatic hydroxyl groups is 1. The SMILES string of the molecule is CCC1CN(C(C)(C)C)c2cc(O)c3ccc(C(C)(C)C)cc3c21. The second kappa shape index (κ2) is 5.40. The molecule has 0 saturated carbocycles. The highest BCUT2D eigenvalue weighted by atomic mass is 16.3. The number of hydrogen-bond donors (Lipinski definition) is 1. The molecule has 1 heterocycles. The van der Waals surface area contributed by atoms with E-state index in [0.717, 1.165) is 18.4 Å². The van der Waals surface area contributed by atoms with Crippen molar-refractivity contribution in [2.75, 3.05) is 11.4 Å². The van der Waals surface area contributed by atoms with Crippen LogP contribution in [0.2, 0.25) is 0 Å². The number of fused-ring (bicyclic) bond motifs is 3. The molecule has 0 radical (unpaired) electrons. The van der Waals surface area contributed by atoms with Gasteiger partial charge in [-0.05, 0) is 49.1 Å². The Balaban J connectivity index is 2.33. The largest absolute Gasteiger partial charge is 0.507 e. The quantitative estimate of drug-likeness (QED) is 0.699. The first-order valence-electron chi connectivity index (χ1n) is 9.11. The smallest absolute Gasteiger partial charge is 0.125 e. The highest BCUT2D eigenvalue weighted by Crippen LogP contribution is 2.48. The fourth-order valence-corrected chi connectivity index (χ4v) is 3.91. The van der Waals surface area contributed by atoms with E-state index in [2.05, 4.69) is 71.6 Å². The first kappa shape index (κ1) is 17.1. The van der Waals surface area contributed by atoms with Crippen molar-refractivity contribution >= 4 is 16.5 Å². The Morgan fingerprint density at radius 3 is 2.25 bits per heavy atom. The van der Waals surface area contributed by atoms with Crippen LogP contribution in [0.4, 0.5) is 5.69 Å². The van der Waals surface area contributed by atoms with Crippen LogP contribution in [-0.2, 0) is 5.41 Å². The molecule has 0 saturated heterocycles. The van der Waals surface area contributed by atoms with Crippen LogP contribution >= 0.6 is 0 Å². The molecule has 2 aromatic carbocycles. The van der Waals surface area contributed by atoms with Crippen LogP contribution in [0.1, 0.15) is 71.9 Å². The van der Waals surface area contributed by atoms with Gasteiger partial charge in [-0.1, -0.05) is 45.9 Å². The number of phenols is 1. The topological polar surface area (TPSA) is 23.5 Å². The number of nitrogens with zero attached hydrogens (tertiary/aromatic N) is 1. The molecule has 0 aromatic heterocycles. The van der Waals surface area contributed by atoms with Crippen LogP contribution in [0.5, 0.6) is 5.75 Å². The zero-order chi connectivity index (χ0) is 17.9. The van der Waals surface area contributed by atoms with E-state index in [1.165, 1.54) is 22.2 Å². The van der Waals surface area contributed by atoms with E-state index in [0.29, 0.717) is 11.7 Å². The van der Waals surface area contributed by atoms with Crippen LogP contribution in [0, 0.1) is 0 Å². The second-order valence-corrected chi connectivity index (χ2v) is 9.23. The normalized spacial score (nSPS) is 18.3. The summed E-state index contributed by atoms with van der Waals surface area (Å²) in [4.78, 5) is 2.46. The Morgan fingerprint density at radius 2 is 1.71 bits per heavy atom. The maximum atomic E-state index is 10.6. The van der Waals surface area contributed by atoms with Gasteiger partial charge in [-0.25, -0.2) is 0 Å². The zero-order valence-electron chi connectivity index (χ0n) is 16.2. The van der Waals surface area contributed by atoms with Gasteiger partial charge in [0.15, 0.2) is 0 Å². The summed E-state index contributed by atoms with van der Waals surface area (Å²) in [6.45, 7) is 16.8. The van der Waals surface area contributed by atoms with Gasteiger partial charge in [0.1, 0.15) is 5.75 Å². The predicted molar refractivity (Wildman–Crippen MR) is 104 cm³/mol. The zero-order valence-corrected chi connectivity index (χ0v) is 16.2. The molecule has 1 atom stereocenters. The molecule has 24 heavy (non-hydrogen) atoms. The molecule has 130 valence electrons. The van der Waals surface area contributed by atoms with Crippen LogP contribution in [0.3, 0.4) is 0 Å². The molecule has 3 rings (SSSR count). The van der Waals surface area contributed by atoms with Crippen molar-refractivity contribution in [2.24, 2.45) is 0 Å². The summed E-state index contributed by atoms with van der Waals surface area (Å²) in [6.07, 6.45) is 1.12. The average Bonchev–Trinajstić information content (AvgIpc) is 2.84. The van der Waals surface area contributed by atoms with Gasteiger partial charge in [0, 0.05) is 35.1 Å². The molecule has 2 nitrogen and oxygen atoms in total. The van der Waals surface area contributed by atoms with E-state index in [1.807, 2.05) is 6.07 Å². The van der Waals surface area contributed by atoms with Gasteiger partial charge in [-0.15, -0.1) is 0 Å². The molecule has 0 bridgehead atoms. The fraction of sp³-hybridized carbons (Fsp3) is 0.545. The summed E-state index contributed by atoms with van der Waals surface area (Å²) in [5.41, 5.74) is 4.13. The predicted octanol–water partition coefficient (Wildman–Crippen LogP) is 5.96. The number of rotatable bonds is 1. The molecule has 0 aliphatic carbocycles. The van der Waals surface area contributed by atoms with E-state index < -0.39 is 0 Å². The summed E-state index contributed by atoms with van der Waals surface area (Å²) < 4.78 is 0. The molecule has 0 spiro atoms. The molecule has 2 aromatic rings. The lowest BCUT2D eigenvalue weighted by Crippen LogP contribution is -2.40. The van der Waals surface area contributed by atoms with E-state index in [4.69, 9.17) is 0 Å². The van der Waals surface area contributed by atoms with Crippen LogP contribution < -0.4 is 4.90 Å². The van der Waals surface area contributed by atoms with Crippen molar-refractivity contribution in [3.63, 3.8) is 0 Å². The molecule has 1 unspecified atom stereocenters. The molecule has 1 aliphatic heterocycles. The minimum Gasteiger partial charge on any atom is -0.507 e. The summed E-state index contributed by atoms with van der Waals surface area (Å²) in [5.74, 6) is 0.924. The van der Waals surface area contributed by atoms with Gasteiger partial charge < -0.3 is 10.0 Å². The lowest BCUT2D eigenvalue weighted by atomic mass is 9.84. The number of hydrogen-bond acceptors (Lipinski definition) is 2. The lowest BCUT2D eigenvalue weighted by molar-refractivity contribution is 0.479. The number of anilines is 1. The van der Waals surface area contributed by atoms with Gasteiger partial charge >= 0.3 is 0 Å². The minimum atomic E-state index is 0.0560. The maximum absolute atomic E-state index is 10.6. The molecule has 0 fully saturated rings. The summed E-state index contributed by atoms with van der Waals surface area (Å²) in [6, 6.07) is 8.54. The first-order valence-corrected chi connectivity index (χ1v) is 9.11. The Morgan fingerprint density at radius 1 is 1.04 bits per heavy atom. The monoisotopic (exact) mass is 325 g/mol.